The first-order valence-corrected chi connectivity index (χ1v) is 9.17. The van der Waals surface area contributed by atoms with Crippen LogP contribution in [-0.4, -0.2) is 16.1 Å². The smallest absolute Gasteiger partial charge is 0.328 e. The standard InChI is InChI=1S/C23H24N2O2.2ClH/c1-3-4-20-19(14-24)23(17-9-5-15(2)6-10-17)18-13-16(8-12-22(26)27)7-11-21(18)25-20;;/h5-13H,3-4,14,24H2,1-2H3,(H,26,27);2*1H. The van der Waals surface area contributed by atoms with E-state index in [0.717, 1.165) is 57.8 Å². The Kier molecular flexibility index (Phi) is 9.31. The van der Waals surface area contributed by atoms with Crippen LogP contribution in [0.25, 0.3) is 28.1 Å². The highest BCUT2D eigenvalue weighted by atomic mass is 35.5. The number of hydrogen-bond donors (Lipinski definition) is 2. The fourth-order valence-corrected chi connectivity index (χ4v) is 3.36. The Hall–Kier alpha value is -2.40. The van der Waals surface area contributed by atoms with Crippen LogP contribution in [-0.2, 0) is 17.8 Å². The van der Waals surface area contributed by atoms with Gasteiger partial charge in [0.05, 0.1) is 5.52 Å². The number of carboxylic acid groups (broad SMARTS) is 1. The lowest BCUT2D eigenvalue weighted by atomic mass is 9.91. The Morgan fingerprint density at radius 2 is 1.83 bits per heavy atom. The molecule has 0 bridgehead atoms. The molecule has 0 amide bonds. The van der Waals surface area contributed by atoms with Crippen LogP contribution in [0, 0.1) is 6.92 Å². The molecule has 4 nitrogen and oxygen atoms in total. The number of benzene rings is 2. The number of aryl methyl sites for hydroxylation is 2. The van der Waals surface area contributed by atoms with Gasteiger partial charge in [-0.25, -0.2) is 4.79 Å². The number of hydrogen-bond acceptors (Lipinski definition) is 3. The number of pyridine rings is 1. The highest BCUT2D eigenvalue weighted by molar-refractivity contribution is 5.98. The lowest BCUT2D eigenvalue weighted by Crippen LogP contribution is -2.07. The molecule has 0 saturated heterocycles. The molecule has 0 saturated carbocycles. The summed E-state index contributed by atoms with van der Waals surface area (Å²) >= 11 is 0. The number of carbonyl (C=O) groups is 1. The molecular weight excluding hydrogens is 407 g/mol. The van der Waals surface area contributed by atoms with Gasteiger partial charge in [-0.3, -0.25) is 4.98 Å². The summed E-state index contributed by atoms with van der Waals surface area (Å²) in [6, 6.07) is 14.2. The van der Waals surface area contributed by atoms with Crippen LogP contribution in [0.15, 0.2) is 48.5 Å². The van der Waals surface area contributed by atoms with Crippen LogP contribution < -0.4 is 5.73 Å². The molecule has 154 valence electrons. The van der Waals surface area contributed by atoms with Gasteiger partial charge >= 0.3 is 5.97 Å². The maximum atomic E-state index is 10.9. The Morgan fingerprint density at radius 1 is 1.14 bits per heavy atom. The molecule has 0 aliphatic carbocycles. The molecule has 1 aromatic heterocycles. The van der Waals surface area contributed by atoms with Gasteiger partial charge in [0, 0.05) is 23.7 Å². The van der Waals surface area contributed by atoms with E-state index < -0.39 is 5.97 Å². The van der Waals surface area contributed by atoms with Gasteiger partial charge in [-0.05, 0) is 53.8 Å². The van der Waals surface area contributed by atoms with E-state index >= 15 is 0 Å². The van der Waals surface area contributed by atoms with E-state index in [1.807, 2.05) is 18.2 Å². The summed E-state index contributed by atoms with van der Waals surface area (Å²) in [5.74, 6) is -0.965. The molecule has 0 fully saturated rings. The summed E-state index contributed by atoms with van der Waals surface area (Å²) < 4.78 is 0. The molecule has 0 spiro atoms. The molecule has 0 aliphatic heterocycles. The first-order chi connectivity index (χ1) is 13.0. The zero-order valence-corrected chi connectivity index (χ0v) is 18.1. The molecule has 0 unspecified atom stereocenters. The van der Waals surface area contributed by atoms with Gasteiger partial charge in [0.15, 0.2) is 0 Å². The number of aromatic nitrogens is 1. The van der Waals surface area contributed by atoms with Crippen molar-refractivity contribution >= 4 is 47.8 Å². The molecule has 29 heavy (non-hydrogen) atoms. The summed E-state index contributed by atoms with van der Waals surface area (Å²) in [6.07, 6.45) is 4.62. The first-order valence-electron chi connectivity index (χ1n) is 9.17. The van der Waals surface area contributed by atoms with Crippen molar-refractivity contribution in [3.05, 3.63) is 70.9 Å². The Morgan fingerprint density at radius 3 is 2.41 bits per heavy atom. The van der Waals surface area contributed by atoms with Gasteiger partial charge in [0.2, 0.25) is 0 Å². The molecular formula is C23H26Cl2N2O2. The highest BCUT2D eigenvalue weighted by Crippen LogP contribution is 2.34. The third-order valence-electron chi connectivity index (χ3n) is 4.65. The summed E-state index contributed by atoms with van der Waals surface area (Å²) in [6.45, 7) is 4.61. The van der Waals surface area contributed by atoms with E-state index in [4.69, 9.17) is 15.8 Å². The van der Waals surface area contributed by atoms with E-state index in [1.165, 1.54) is 5.56 Å². The molecule has 0 aliphatic rings. The van der Waals surface area contributed by atoms with E-state index in [0.29, 0.717) is 6.54 Å². The van der Waals surface area contributed by atoms with E-state index in [2.05, 4.69) is 38.1 Å². The number of nitrogens with zero attached hydrogens (tertiary/aromatic N) is 1. The monoisotopic (exact) mass is 432 g/mol. The average molecular weight is 433 g/mol. The van der Waals surface area contributed by atoms with Crippen LogP contribution in [0.2, 0.25) is 0 Å². The van der Waals surface area contributed by atoms with Crippen molar-refractivity contribution in [3.63, 3.8) is 0 Å². The minimum absolute atomic E-state index is 0. The van der Waals surface area contributed by atoms with Gasteiger partial charge in [-0.2, -0.15) is 0 Å². The van der Waals surface area contributed by atoms with Crippen molar-refractivity contribution in [2.45, 2.75) is 33.2 Å². The SMILES string of the molecule is CCCc1nc2ccc(C=CC(=O)O)cc2c(-c2ccc(C)cc2)c1CN.Cl.Cl. The summed E-state index contributed by atoms with van der Waals surface area (Å²) in [7, 11) is 0. The molecule has 3 aromatic rings. The Bertz CT molecular complexity index is 1020. The maximum absolute atomic E-state index is 10.9. The lowest BCUT2D eigenvalue weighted by molar-refractivity contribution is -0.131. The summed E-state index contributed by atoms with van der Waals surface area (Å²) in [5, 5.41) is 9.90. The number of fused-ring (bicyclic) bond motifs is 1. The van der Waals surface area contributed by atoms with Gasteiger partial charge in [-0.15, -0.1) is 24.8 Å². The third kappa shape index (κ3) is 5.57. The number of halogens is 2. The highest BCUT2D eigenvalue weighted by Gasteiger charge is 2.15. The van der Waals surface area contributed by atoms with Crippen molar-refractivity contribution in [2.24, 2.45) is 5.73 Å². The van der Waals surface area contributed by atoms with Crippen LogP contribution in [0.1, 0.15) is 35.7 Å². The molecule has 0 radical (unpaired) electrons. The fraction of sp³-hybridized carbons (Fsp3) is 0.217. The van der Waals surface area contributed by atoms with Crippen molar-refractivity contribution in [1.29, 1.82) is 0 Å². The maximum Gasteiger partial charge on any atom is 0.328 e. The summed E-state index contributed by atoms with van der Waals surface area (Å²) in [4.78, 5) is 15.7. The first kappa shape index (κ1) is 24.6. The third-order valence-corrected chi connectivity index (χ3v) is 4.65. The quantitative estimate of drug-likeness (QED) is 0.499. The molecule has 3 N–H and O–H groups in total. The summed E-state index contributed by atoms with van der Waals surface area (Å²) in [5.41, 5.74) is 13.4. The van der Waals surface area contributed by atoms with Gasteiger partial charge in [0.1, 0.15) is 0 Å². The Balaban J connectivity index is 0.00000210. The van der Waals surface area contributed by atoms with Crippen molar-refractivity contribution in [2.75, 3.05) is 0 Å². The number of aliphatic carboxylic acids is 1. The normalized spacial score (nSPS) is 10.6. The zero-order chi connectivity index (χ0) is 19.4. The topological polar surface area (TPSA) is 76.2 Å². The van der Waals surface area contributed by atoms with E-state index in [9.17, 15) is 4.79 Å². The molecule has 3 rings (SSSR count). The van der Waals surface area contributed by atoms with Crippen molar-refractivity contribution in [3.8, 4) is 11.1 Å². The van der Waals surface area contributed by atoms with E-state index in [1.54, 1.807) is 6.08 Å². The second-order valence-corrected chi connectivity index (χ2v) is 6.68. The van der Waals surface area contributed by atoms with Gasteiger partial charge in [-0.1, -0.05) is 49.2 Å². The molecule has 2 aromatic carbocycles. The second-order valence-electron chi connectivity index (χ2n) is 6.68. The minimum Gasteiger partial charge on any atom is -0.478 e. The van der Waals surface area contributed by atoms with Crippen LogP contribution in [0.5, 0.6) is 0 Å². The van der Waals surface area contributed by atoms with Gasteiger partial charge in [0.25, 0.3) is 0 Å². The predicted molar refractivity (Wildman–Crippen MR) is 125 cm³/mol. The minimum atomic E-state index is -0.965. The number of rotatable bonds is 6. The van der Waals surface area contributed by atoms with Crippen LogP contribution >= 0.6 is 24.8 Å². The average Bonchev–Trinajstić information content (AvgIpc) is 2.66. The number of nitrogens with two attached hydrogens (primary N) is 1. The van der Waals surface area contributed by atoms with Crippen LogP contribution in [0.4, 0.5) is 0 Å². The largest absolute Gasteiger partial charge is 0.478 e. The predicted octanol–water partition coefficient (Wildman–Crippen LogP) is 5.56. The molecule has 1 heterocycles. The van der Waals surface area contributed by atoms with Crippen molar-refractivity contribution in [1.82, 2.24) is 4.98 Å². The Labute approximate surface area is 183 Å². The number of carboxylic acids is 1. The van der Waals surface area contributed by atoms with E-state index in [-0.39, 0.29) is 24.8 Å². The molecule has 6 heteroatoms. The molecule has 0 atom stereocenters. The lowest BCUT2D eigenvalue weighted by Gasteiger charge is -2.17. The zero-order valence-electron chi connectivity index (χ0n) is 16.5. The van der Waals surface area contributed by atoms with Crippen LogP contribution in [0.3, 0.4) is 0 Å². The second kappa shape index (κ2) is 11.0. The van der Waals surface area contributed by atoms with Crippen molar-refractivity contribution < 1.29 is 9.90 Å². The van der Waals surface area contributed by atoms with Gasteiger partial charge < -0.3 is 10.8 Å². The fourth-order valence-electron chi connectivity index (χ4n) is 3.36.